The smallest absolute Gasteiger partial charge is 0.140 e. The van der Waals surface area contributed by atoms with E-state index in [1.54, 1.807) is 6.08 Å². The van der Waals surface area contributed by atoms with Crippen LogP contribution in [0.2, 0.25) is 0 Å². The van der Waals surface area contributed by atoms with Gasteiger partial charge in [0.2, 0.25) is 0 Å². The lowest BCUT2D eigenvalue weighted by Gasteiger charge is -1.91. The number of Topliss-reactive ketones (excluding diaryl/α,β-unsaturated/α-hetero) is 1. The lowest BCUT2D eigenvalue weighted by Crippen LogP contribution is -1.91. The SMILES string of the molecule is C=CCC(=O)C/C=C/c1ccccc1. The van der Waals surface area contributed by atoms with E-state index < -0.39 is 0 Å². The van der Waals surface area contributed by atoms with Crippen molar-refractivity contribution in [3.05, 3.63) is 54.6 Å². The minimum Gasteiger partial charge on any atom is -0.299 e. The Bertz CT molecular complexity index is 322. The maximum atomic E-state index is 11.1. The highest BCUT2D eigenvalue weighted by Gasteiger charge is 1.93. The molecule has 1 aromatic carbocycles. The van der Waals surface area contributed by atoms with Crippen LogP contribution < -0.4 is 0 Å². The molecule has 0 heterocycles. The van der Waals surface area contributed by atoms with Crippen molar-refractivity contribution in [2.75, 3.05) is 0 Å². The molecule has 0 N–H and O–H groups in total. The van der Waals surface area contributed by atoms with Crippen LogP contribution in [0.15, 0.2) is 49.1 Å². The predicted octanol–water partition coefficient (Wildman–Crippen LogP) is 3.24. The van der Waals surface area contributed by atoms with Crippen LogP contribution in [0, 0.1) is 0 Å². The van der Waals surface area contributed by atoms with Crippen LogP contribution in [-0.2, 0) is 4.79 Å². The van der Waals surface area contributed by atoms with E-state index in [4.69, 9.17) is 0 Å². The van der Waals surface area contributed by atoms with E-state index in [0.29, 0.717) is 12.8 Å². The highest BCUT2D eigenvalue weighted by molar-refractivity contribution is 5.81. The molecule has 0 fully saturated rings. The molecule has 0 atom stereocenters. The Labute approximate surface area is 84.8 Å². The largest absolute Gasteiger partial charge is 0.299 e. The second-order valence-electron chi connectivity index (χ2n) is 3.05. The normalized spacial score (nSPS) is 10.3. The molecule has 0 aliphatic heterocycles. The maximum absolute atomic E-state index is 11.1. The summed E-state index contributed by atoms with van der Waals surface area (Å²) in [7, 11) is 0. The van der Waals surface area contributed by atoms with Crippen molar-refractivity contribution in [3.63, 3.8) is 0 Å². The standard InChI is InChI=1S/C13H14O/c1-2-7-13(14)11-6-10-12-8-4-3-5-9-12/h2-6,8-10H,1,7,11H2/b10-6+. The molecular weight excluding hydrogens is 172 g/mol. The monoisotopic (exact) mass is 186 g/mol. The molecule has 0 radical (unpaired) electrons. The average Bonchev–Trinajstić information content (AvgIpc) is 2.20. The van der Waals surface area contributed by atoms with Gasteiger partial charge in [0.15, 0.2) is 0 Å². The van der Waals surface area contributed by atoms with E-state index in [0.717, 1.165) is 5.56 Å². The highest BCUT2D eigenvalue weighted by atomic mass is 16.1. The summed E-state index contributed by atoms with van der Waals surface area (Å²) in [6.45, 7) is 3.52. The molecular formula is C13H14O. The molecule has 0 amide bonds. The summed E-state index contributed by atoms with van der Waals surface area (Å²) in [5, 5.41) is 0. The zero-order chi connectivity index (χ0) is 10.2. The molecule has 0 aromatic heterocycles. The first kappa shape index (κ1) is 10.5. The van der Waals surface area contributed by atoms with E-state index in [2.05, 4.69) is 6.58 Å². The van der Waals surface area contributed by atoms with Gasteiger partial charge in [-0.15, -0.1) is 6.58 Å². The number of allylic oxidation sites excluding steroid dienone is 2. The summed E-state index contributed by atoms with van der Waals surface area (Å²) in [4.78, 5) is 11.1. The number of benzene rings is 1. The lowest BCUT2D eigenvalue weighted by atomic mass is 10.1. The Kier molecular flexibility index (Phi) is 4.42. The summed E-state index contributed by atoms with van der Waals surface area (Å²) in [5.74, 6) is 0.201. The molecule has 0 unspecified atom stereocenters. The molecule has 0 spiro atoms. The van der Waals surface area contributed by atoms with Crippen LogP contribution in [0.1, 0.15) is 18.4 Å². The minimum absolute atomic E-state index is 0.201. The summed E-state index contributed by atoms with van der Waals surface area (Å²) in [6.07, 6.45) is 6.43. The summed E-state index contributed by atoms with van der Waals surface area (Å²) >= 11 is 0. The molecule has 72 valence electrons. The molecule has 0 aliphatic carbocycles. The molecule has 1 heteroatoms. The fourth-order valence-corrected chi connectivity index (χ4v) is 1.13. The molecule has 0 saturated heterocycles. The molecule has 1 nitrogen and oxygen atoms in total. The van der Waals surface area contributed by atoms with Gasteiger partial charge >= 0.3 is 0 Å². The van der Waals surface area contributed by atoms with Crippen molar-refractivity contribution in [2.24, 2.45) is 0 Å². The molecule has 14 heavy (non-hydrogen) atoms. The molecule has 0 bridgehead atoms. The Morgan fingerprint density at radius 3 is 2.57 bits per heavy atom. The number of carbonyl (C=O) groups excluding carboxylic acids is 1. The van der Waals surface area contributed by atoms with Crippen molar-refractivity contribution >= 4 is 11.9 Å². The molecule has 1 aromatic rings. The van der Waals surface area contributed by atoms with Crippen LogP contribution >= 0.6 is 0 Å². The lowest BCUT2D eigenvalue weighted by molar-refractivity contribution is -0.117. The van der Waals surface area contributed by atoms with Crippen molar-refractivity contribution in [2.45, 2.75) is 12.8 Å². The number of ketones is 1. The first-order chi connectivity index (χ1) is 6.83. The number of hydrogen-bond donors (Lipinski definition) is 0. The summed E-state index contributed by atoms with van der Waals surface area (Å²) < 4.78 is 0. The topological polar surface area (TPSA) is 17.1 Å². The van der Waals surface area contributed by atoms with E-state index in [1.165, 1.54) is 0 Å². The highest BCUT2D eigenvalue weighted by Crippen LogP contribution is 2.02. The van der Waals surface area contributed by atoms with Crippen LogP contribution in [0.4, 0.5) is 0 Å². The van der Waals surface area contributed by atoms with E-state index in [9.17, 15) is 4.79 Å². The Morgan fingerprint density at radius 1 is 1.21 bits per heavy atom. The first-order valence-corrected chi connectivity index (χ1v) is 4.67. The third kappa shape index (κ3) is 3.85. The van der Waals surface area contributed by atoms with Crippen molar-refractivity contribution < 1.29 is 4.79 Å². The van der Waals surface area contributed by atoms with Gasteiger partial charge in [-0.1, -0.05) is 48.6 Å². The van der Waals surface area contributed by atoms with Crippen molar-refractivity contribution in [1.82, 2.24) is 0 Å². The number of carbonyl (C=O) groups is 1. The van der Waals surface area contributed by atoms with Gasteiger partial charge < -0.3 is 0 Å². The average molecular weight is 186 g/mol. The quantitative estimate of drug-likeness (QED) is 0.645. The van der Waals surface area contributed by atoms with Crippen LogP contribution in [0.5, 0.6) is 0 Å². The van der Waals surface area contributed by atoms with Gasteiger partial charge in [0.05, 0.1) is 0 Å². The van der Waals surface area contributed by atoms with Crippen molar-refractivity contribution in [3.8, 4) is 0 Å². The fraction of sp³-hybridized carbons (Fsp3) is 0.154. The van der Waals surface area contributed by atoms with E-state index in [-0.39, 0.29) is 5.78 Å². The number of hydrogen-bond acceptors (Lipinski definition) is 1. The van der Waals surface area contributed by atoms with E-state index >= 15 is 0 Å². The number of rotatable bonds is 5. The van der Waals surface area contributed by atoms with Gasteiger partial charge in [0.25, 0.3) is 0 Å². The van der Waals surface area contributed by atoms with Crippen LogP contribution in [0.25, 0.3) is 6.08 Å². The van der Waals surface area contributed by atoms with Crippen molar-refractivity contribution in [1.29, 1.82) is 0 Å². The van der Waals surface area contributed by atoms with Crippen LogP contribution in [0.3, 0.4) is 0 Å². The van der Waals surface area contributed by atoms with E-state index in [1.807, 2.05) is 42.5 Å². The second-order valence-corrected chi connectivity index (χ2v) is 3.05. The van der Waals surface area contributed by atoms with Gasteiger partial charge in [-0.3, -0.25) is 4.79 Å². The molecule has 0 aliphatic rings. The third-order valence-corrected chi connectivity index (χ3v) is 1.83. The first-order valence-electron chi connectivity index (χ1n) is 4.67. The van der Waals surface area contributed by atoms with Gasteiger partial charge in [0, 0.05) is 12.8 Å². The third-order valence-electron chi connectivity index (χ3n) is 1.83. The van der Waals surface area contributed by atoms with Gasteiger partial charge in [0.1, 0.15) is 5.78 Å². The minimum atomic E-state index is 0.201. The van der Waals surface area contributed by atoms with Crippen LogP contribution in [-0.4, -0.2) is 5.78 Å². The maximum Gasteiger partial charge on any atom is 0.140 e. The zero-order valence-corrected chi connectivity index (χ0v) is 8.15. The molecule has 1 rings (SSSR count). The fourth-order valence-electron chi connectivity index (χ4n) is 1.13. The summed E-state index contributed by atoms with van der Waals surface area (Å²) in [5.41, 5.74) is 1.12. The second kappa shape index (κ2) is 5.92. The predicted molar refractivity (Wildman–Crippen MR) is 59.9 cm³/mol. The zero-order valence-electron chi connectivity index (χ0n) is 8.15. The van der Waals surface area contributed by atoms with Gasteiger partial charge in [-0.05, 0) is 5.56 Å². The Hall–Kier alpha value is -1.63. The molecule has 0 saturated carbocycles. The van der Waals surface area contributed by atoms with Gasteiger partial charge in [-0.2, -0.15) is 0 Å². The van der Waals surface area contributed by atoms with Gasteiger partial charge in [-0.25, -0.2) is 0 Å². The Morgan fingerprint density at radius 2 is 1.93 bits per heavy atom. The Balaban J connectivity index is 2.42. The summed E-state index contributed by atoms with van der Waals surface area (Å²) in [6, 6.07) is 9.94.